The first kappa shape index (κ1) is 22.5. The summed E-state index contributed by atoms with van der Waals surface area (Å²) in [4.78, 5) is 5.15. The lowest BCUT2D eigenvalue weighted by Crippen LogP contribution is -2.37. The van der Waals surface area contributed by atoms with E-state index in [-0.39, 0.29) is 6.10 Å². The fourth-order valence-corrected chi connectivity index (χ4v) is 4.90. The fraction of sp³-hybridized carbons (Fsp3) is 0.348. The number of imidazole rings is 1. The first-order valence-corrected chi connectivity index (χ1v) is 11.8. The summed E-state index contributed by atoms with van der Waals surface area (Å²) in [7, 11) is 1.63. The number of methoxy groups -OCH3 is 1. The van der Waals surface area contributed by atoms with E-state index in [0.29, 0.717) is 18.2 Å². The van der Waals surface area contributed by atoms with Crippen LogP contribution in [-0.4, -0.2) is 40.9 Å². The van der Waals surface area contributed by atoms with Crippen molar-refractivity contribution in [3.05, 3.63) is 76.8 Å². The highest BCUT2D eigenvalue weighted by Gasteiger charge is 2.41. The SMILES string of the molecule is COc1ccc(SCC2COC(CCc3ccc(Cl)cc3)(Cn3ccnc3)O2)c(Cl)c1. The average Bonchev–Trinajstić information content (AvgIpc) is 3.43. The summed E-state index contributed by atoms with van der Waals surface area (Å²) < 4.78 is 20.0. The van der Waals surface area contributed by atoms with Gasteiger partial charge in [0.05, 0.1) is 37.7 Å². The fourth-order valence-electron chi connectivity index (χ4n) is 3.54. The molecular weight excluding hydrogens is 455 g/mol. The van der Waals surface area contributed by atoms with Crippen molar-refractivity contribution < 1.29 is 14.2 Å². The van der Waals surface area contributed by atoms with Gasteiger partial charge in [-0.3, -0.25) is 0 Å². The molecule has 0 amide bonds. The Morgan fingerprint density at radius 1 is 1.23 bits per heavy atom. The van der Waals surface area contributed by atoms with Gasteiger partial charge in [0.1, 0.15) is 5.75 Å². The number of benzene rings is 2. The molecule has 3 aromatic rings. The molecule has 0 radical (unpaired) electrons. The van der Waals surface area contributed by atoms with E-state index in [1.807, 2.05) is 53.2 Å². The maximum Gasteiger partial charge on any atom is 0.187 e. The zero-order valence-electron chi connectivity index (χ0n) is 17.2. The number of halogens is 2. The molecule has 1 aliphatic rings. The lowest BCUT2D eigenvalue weighted by molar-refractivity contribution is -0.180. The molecule has 0 aliphatic carbocycles. The third-order valence-corrected chi connectivity index (χ3v) is 7.05. The van der Waals surface area contributed by atoms with Crippen LogP contribution in [0.3, 0.4) is 0 Å². The summed E-state index contributed by atoms with van der Waals surface area (Å²) in [5.41, 5.74) is 1.20. The second-order valence-corrected chi connectivity index (χ2v) is 9.34. The number of aromatic nitrogens is 2. The summed E-state index contributed by atoms with van der Waals surface area (Å²) in [5.74, 6) is 0.796. The van der Waals surface area contributed by atoms with Gasteiger partial charge in [-0.15, -0.1) is 11.8 Å². The summed E-state index contributed by atoms with van der Waals surface area (Å²) in [6, 6.07) is 13.6. The van der Waals surface area contributed by atoms with Crippen LogP contribution in [-0.2, 0) is 22.4 Å². The minimum Gasteiger partial charge on any atom is -0.497 e. The summed E-state index contributed by atoms with van der Waals surface area (Å²) in [6.07, 6.45) is 7.01. The Morgan fingerprint density at radius 3 is 2.77 bits per heavy atom. The van der Waals surface area contributed by atoms with Gasteiger partial charge >= 0.3 is 0 Å². The van der Waals surface area contributed by atoms with Crippen molar-refractivity contribution in [1.82, 2.24) is 9.55 Å². The van der Waals surface area contributed by atoms with Crippen LogP contribution in [0.5, 0.6) is 5.75 Å². The Hall–Kier alpha value is -1.70. The molecule has 1 aromatic heterocycles. The predicted octanol–water partition coefficient (Wildman–Crippen LogP) is 5.74. The number of hydrogen-bond acceptors (Lipinski definition) is 5. The lowest BCUT2D eigenvalue weighted by atomic mass is 10.0. The van der Waals surface area contributed by atoms with E-state index in [9.17, 15) is 0 Å². The second kappa shape index (κ2) is 10.3. The molecular formula is C23H24Cl2N2O3S. The molecule has 31 heavy (non-hydrogen) atoms. The van der Waals surface area contributed by atoms with E-state index < -0.39 is 5.79 Å². The lowest BCUT2D eigenvalue weighted by Gasteiger charge is -2.28. The maximum absolute atomic E-state index is 6.49. The van der Waals surface area contributed by atoms with Gasteiger partial charge in [-0.2, -0.15) is 0 Å². The highest BCUT2D eigenvalue weighted by molar-refractivity contribution is 7.99. The number of rotatable bonds is 9. The molecule has 2 aromatic carbocycles. The monoisotopic (exact) mass is 478 g/mol. The first-order chi connectivity index (χ1) is 15.0. The zero-order valence-corrected chi connectivity index (χ0v) is 19.5. The molecule has 0 spiro atoms. The zero-order chi connectivity index (χ0) is 21.7. The van der Waals surface area contributed by atoms with Gasteiger partial charge in [0.25, 0.3) is 0 Å². The summed E-state index contributed by atoms with van der Waals surface area (Å²) >= 11 is 14.1. The van der Waals surface area contributed by atoms with Crippen LogP contribution in [0.25, 0.3) is 0 Å². The van der Waals surface area contributed by atoms with Crippen molar-refractivity contribution >= 4 is 35.0 Å². The molecule has 5 nitrogen and oxygen atoms in total. The van der Waals surface area contributed by atoms with Gasteiger partial charge in [0.15, 0.2) is 5.79 Å². The molecule has 1 saturated heterocycles. The van der Waals surface area contributed by atoms with E-state index in [1.165, 1.54) is 5.56 Å². The van der Waals surface area contributed by atoms with E-state index in [0.717, 1.165) is 34.3 Å². The topological polar surface area (TPSA) is 45.5 Å². The average molecular weight is 479 g/mol. The third-order valence-electron chi connectivity index (χ3n) is 5.17. The van der Waals surface area contributed by atoms with Crippen LogP contribution in [0.2, 0.25) is 10.0 Å². The Bertz CT molecular complexity index is 985. The molecule has 0 saturated carbocycles. The van der Waals surface area contributed by atoms with Crippen molar-refractivity contribution in [1.29, 1.82) is 0 Å². The molecule has 0 N–H and O–H groups in total. The molecule has 4 rings (SSSR count). The van der Waals surface area contributed by atoms with Gasteiger partial charge in [-0.1, -0.05) is 35.3 Å². The van der Waals surface area contributed by atoms with Crippen molar-refractivity contribution in [2.24, 2.45) is 0 Å². The maximum atomic E-state index is 6.49. The molecule has 2 heterocycles. The first-order valence-electron chi connectivity index (χ1n) is 10.0. The van der Waals surface area contributed by atoms with Crippen molar-refractivity contribution in [2.75, 3.05) is 19.5 Å². The number of hydrogen-bond donors (Lipinski definition) is 0. The van der Waals surface area contributed by atoms with Crippen molar-refractivity contribution in [3.8, 4) is 5.75 Å². The number of aryl methyl sites for hydroxylation is 1. The molecule has 0 bridgehead atoms. The van der Waals surface area contributed by atoms with Crippen LogP contribution in [0.4, 0.5) is 0 Å². The van der Waals surface area contributed by atoms with Gasteiger partial charge in [-0.05, 0) is 42.3 Å². The van der Waals surface area contributed by atoms with Gasteiger partial charge in [0.2, 0.25) is 0 Å². The summed E-state index contributed by atoms with van der Waals surface area (Å²) in [6.45, 7) is 1.13. The molecule has 2 atom stereocenters. The van der Waals surface area contributed by atoms with Crippen LogP contribution in [0.1, 0.15) is 12.0 Å². The number of nitrogens with zero attached hydrogens (tertiary/aromatic N) is 2. The van der Waals surface area contributed by atoms with E-state index in [1.54, 1.807) is 31.4 Å². The molecule has 2 unspecified atom stereocenters. The Labute approximate surface area is 196 Å². The van der Waals surface area contributed by atoms with E-state index in [4.69, 9.17) is 37.4 Å². The highest BCUT2D eigenvalue weighted by atomic mass is 35.5. The molecule has 164 valence electrons. The highest BCUT2D eigenvalue weighted by Crippen LogP contribution is 2.36. The number of thioether (sulfide) groups is 1. The smallest absolute Gasteiger partial charge is 0.187 e. The number of ether oxygens (including phenoxy) is 3. The van der Waals surface area contributed by atoms with Gasteiger partial charge in [-0.25, -0.2) is 4.98 Å². The van der Waals surface area contributed by atoms with E-state index in [2.05, 4.69) is 4.98 Å². The minimum absolute atomic E-state index is 0.0306. The van der Waals surface area contributed by atoms with Crippen molar-refractivity contribution in [3.63, 3.8) is 0 Å². The quantitative estimate of drug-likeness (QED) is 0.367. The Balaban J connectivity index is 1.40. The van der Waals surface area contributed by atoms with E-state index >= 15 is 0 Å². The molecule has 1 aliphatic heterocycles. The molecule has 8 heteroatoms. The minimum atomic E-state index is -0.699. The summed E-state index contributed by atoms with van der Waals surface area (Å²) in [5, 5.41) is 1.41. The van der Waals surface area contributed by atoms with Crippen LogP contribution >= 0.6 is 35.0 Å². The second-order valence-electron chi connectivity index (χ2n) is 7.43. The standard InChI is InChI=1S/C23H24Cl2N2O3S/c1-28-19-6-7-22(21(25)12-19)31-14-20-13-29-23(30-20,15-27-11-10-26-16-27)9-8-17-2-4-18(24)5-3-17/h2-7,10-12,16,20H,8-9,13-15H2,1H3. The van der Waals surface area contributed by atoms with Crippen LogP contribution < -0.4 is 4.74 Å². The van der Waals surface area contributed by atoms with Crippen LogP contribution in [0.15, 0.2) is 66.1 Å². The normalized spacial score (nSPS) is 20.8. The van der Waals surface area contributed by atoms with Crippen molar-refractivity contribution in [2.45, 2.75) is 36.2 Å². The Morgan fingerprint density at radius 2 is 2.06 bits per heavy atom. The molecule has 1 fully saturated rings. The van der Waals surface area contributed by atoms with Crippen LogP contribution in [0, 0.1) is 0 Å². The van der Waals surface area contributed by atoms with Gasteiger partial charge in [0, 0.05) is 34.5 Å². The largest absolute Gasteiger partial charge is 0.497 e. The third kappa shape index (κ3) is 5.96. The predicted molar refractivity (Wildman–Crippen MR) is 124 cm³/mol. The van der Waals surface area contributed by atoms with Gasteiger partial charge < -0.3 is 18.8 Å². The Kier molecular flexibility index (Phi) is 7.46.